The Labute approximate surface area is 255 Å². The zero-order chi connectivity index (χ0) is 33.0. The van der Waals surface area contributed by atoms with Gasteiger partial charge in [0.05, 0.1) is 12.1 Å². The molecule has 0 saturated heterocycles. The lowest BCUT2D eigenvalue weighted by molar-refractivity contribution is -0.121. The lowest BCUT2D eigenvalue weighted by Gasteiger charge is -2.33. The Hall–Kier alpha value is -3.94. The molecular formula is C31H42F2N4O7. The van der Waals surface area contributed by atoms with Crippen molar-refractivity contribution in [1.82, 2.24) is 15.5 Å². The monoisotopic (exact) mass is 620 g/mol. The van der Waals surface area contributed by atoms with Gasteiger partial charge in [0.15, 0.2) is 0 Å². The van der Waals surface area contributed by atoms with Gasteiger partial charge in [-0.25, -0.2) is 8.78 Å². The van der Waals surface area contributed by atoms with Crippen molar-refractivity contribution in [2.75, 3.05) is 26.8 Å². The molecule has 6 N–H and O–H groups in total. The molecule has 242 valence electrons. The number of hydrogen-bond acceptors (Lipinski definition) is 7. The van der Waals surface area contributed by atoms with Crippen molar-refractivity contribution >= 4 is 23.6 Å². The van der Waals surface area contributed by atoms with Crippen LogP contribution in [0.15, 0.2) is 36.4 Å². The first kappa shape index (κ1) is 36.3. The summed E-state index contributed by atoms with van der Waals surface area (Å²) in [6, 6.07) is 4.08. The molecule has 0 aliphatic rings. The molecule has 0 heterocycles. The second-order valence-electron chi connectivity index (χ2n) is 10.6. The first-order valence-corrected chi connectivity index (χ1v) is 14.4. The van der Waals surface area contributed by atoms with Crippen LogP contribution in [0.4, 0.5) is 8.78 Å². The number of ether oxygens (including phenoxy) is 1. The number of aliphatic hydroxyl groups excluding tert-OH is 2. The van der Waals surface area contributed by atoms with Gasteiger partial charge in [-0.2, -0.15) is 0 Å². The molecule has 0 aliphatic heterocycles. The molecule has 2 rings (SSSR count). The summed E-state index contributed by atoms with van der Waals surface area (Å²) in [6.07, 6.45) is -2.28. The van der Waals surface area contributed by atoms with Crippen LogP contribution in [0.2, 0.25) is 0 Å². The lowest BCUT2D eigenvalue weighted by Crippen LogP contribution is -2.56. The van der Waals surface area contributed by atoms with Crippen LogP contribution in [-0.2, 0) is 16.0 Å². The van der Waals surface area contributed by atoms with Crippen molar-refractivity contribution in [1.29, 1.82) is 0 Å². The van der Waals surface area contributed by atoms with Gasteiger partial charge >= 0.3 is 0 Å². The number of methoxy groups -OCH3 is 1. The maximum atomic E-state index is 14.0. The fraction of sp³-hybridized carbons (Fsp3) is 0.484. The Morgan fingerprint density at radius 2 is 1.41 bits per heavy atom. The number of halogens is 2. The van der Waals surface area contributed by atoms with E-state index in [1.165, 1.54) is 32.2 Å². The van der Waals surface area contributed by atoms with Crippen LogP contribution in [0.1, 0.15) is 76.7 Å². The molecule has 2 aromatic rings. The number of aliphatic hydroxyl groups is 2. The van der Waals surface area contributed by atoms with Gasteiger partial charge < -0.3 is 36.2 Å². The van der Waals surface area contributed by atoms with Crippen LogP contribution >= 0.6 is 0 Å². The van der Waals surface area contributed by atoms with Gasteiger partial charge in [0.1, 0.15) is 23.8 Å². The van der Waals surface area contributed by atoms with Gasteiger partial charge in [0.2, 0.25) is 11.8 Å². The number of rotatable bonds is 17. The number of primary amides is 1. The third-order valence-electron chi connectivity index (χ3n) is 6.89. The fourth-order valence-electron chi connectivity index (χ4n) is 4.86. The van der Waals surface area contributed by atoms with Crippen LogP contribution in [-0.4, -0.2) is 89.8 Å². The third-order valence-corrected chi connectivity index (χ3v) is 6.89. The molecule has 0 spiro atoms. The van der Waals surface area contributed by atoms with E-state index < -0.39 is 59.6 Å². The van der Waals surface area contributed by atoms with E-state index in [4.69, 9.17) is 10.5 Å². The van der Waals surface area contributed by atoms with Crippen LogP contribution in [0.25, 0.3) is 0 Å². The fourth-order valence-corrected chi connectivity index (χ4v) is 4.86. The molecule has 2 aromatic carbocycles. The van der Waals surface area contributed by atoms with E-state index >= 15 is 0 Å². The molecule has 0 bridgehead atoms. The smallest absolute Gasteiger partial charge is 0.253 e. The minimum absolute atomic E-state index is 0.0444. The standard InChI is InChI=1S/C31H42F2N4O7/c1-5-8-37(9-6-2)31(43)22-15-20(29(34)41)14-21(16-22)30(42)36-26(13-19-11-23(32)17-24(33)12-19)28(40)27(39)25(7-10-44-4)35-18(3)38/h11-12,14-17,25-28,39-40H,5-10,13H2,1-4H3,(H2,34,41)(H,35,38)(H,36,42). The molecule has 0 radical (unpaired) electrons. The minimum atomic E-state index is -1.76. The predicted molar refractivity (Wildman–Crippen MR) is 159 cm³/mol. The molecule has 11 nitrogen and oxygen atoms in total. The molecule has 0 fully saturated rings. The minimum Gasteiger partial charge on any atom is -0.388 e. The molecule has 0 aromatic heterocycles. The van der Waals surface area contributed by atoms with Crippen LogP contribution in [0.3, 0.4) is 0 Å². The molecule has 4 unspecified atom stereocenters. The van der Waals surface area contributed by atoms with Crippen molar-refractivity contribution in [3.8, 4) is 0 Å². The van der Waals surface area contributed by atoms with Crippen LogP contribution < -0.4 is 16.4 Å². The summed E-state index contributed by atoms with van der Waals surface area (Å²) in [4.78, 5) is 52.4. The van der Waals surface area contributed by atoms with Crippen molar-refractivity contribution < 1.29 is 42.9 Å². The average Bonchev–Trinajstić information content (AvgIpc) is 2.96. The molecule has 44 heavy (non-hydrogen) atoms. The summed E-state index contributed by atoms with van der Waals surface area (Å²) in [6.45, 7) is 6.05. The largest absolute Gasteiger partial charge is 0.388 e. The maximum absolute atomic E-state index is 14.0. The topological polar surface area (TPSA) is 171 Å². The van der Waals surface area contributed by atoms with E-state index in [0.29, 0.717) is 32.0 Å². The number of nitrogens with zero attached hydrogens (tertiary/aromatic N) is 1. The van der Waals surface area contributed by atoms with E-state index in [0.717, 1.165) is 12.1 Å². The molecule has 0 aliphatic carbocycles. The summed E-state index contributed by atoms with van der Waals surface area (Å²) in [5.74, 6) is -4.43. The Morgan fingerprint density at radius 1 is 0.864 bits per heavy atom. The molecular weight excluding hydrogens is 578 g/mol. The van der Waals surface area contributed by atoms with Gasteiger partial charge in [-0.3, -0.25) is 19.2 Å². The van der Waals surface area contributed by atoms with E-state index in [2.05, 4.69) is 10.6 Å². The highest BCUT2D eigenvalue weighted by molar-refractivity contribution is 6.04. The van der Waals surface area contributed by atoms with Crippen LogP contribution in [0.5, 0.6) is 0 Å². The van der Waals surface area contributed by atoms with Gasteiger partial charge in [0, 0.05) is 56.5 Å². The van der Waals surface area contributed by atoms with E-state index in [9.17, 15) is 38.2 Å². The average molecular weight is 621 g/mol. The summed E-state index contributed by atoms with van der Waals surface area (Å²) < 4.78 is 33.1. The van der Waals surface area contributed by atoms with Gasteiger partial charge in [-0.05, 0) is 61.6 Å². The number of amides is 4. The van der Waals surface area contributed by atoms with Crippen LogP contribution in [0, 0.1) is 11.6 Å². The van der Waals surface area contributed by atoms with E-state index in [1.54, 1.807) is 4.90 Å². The molecule has 4 atom stereocenters. The number of carbonyl (C=O) groups excluding carboxylic acids is 4. The summed E-state index contributed by atoms with van der Waals surface area (Å²) in [5, 5.41) is 27.4. The number of carbonyl (C=O) groups is 4. The Bertz CT molecular complexity index is 1280. The first-order chi connectivity index (χ1) is 20.8. The zero-order valence-corrected chi connectivity index (χ0v) is 25.4. The van der Waals surface area contributed by atoms with E-state index in [1.807, 2.05) is 13.8 Å². The summed E-state index contributed by atoms with van der Waals surface area (Å²) in [5.41, 5.74) is 5.34. The predicted octanol–water partition coefficient (Wildman–Crippen LogP) is 1.93. The quantitative estimate of drug-likeness (QED) is 0.180. The van der Waals surface area contributed by atoms with Gasteiger partial charge in [-0.15, -0.1) is 0 Å². The zero-order valence-electron chi connectivity index (χ0n) is 25.4. The summed E-state index contributed by atoms with van der Waals surface area (Å²) >= 11 is 0. The van der Waals surface area contributed by atoms with Crippen molar-refractivity contribution in [2.45, 2.75) is 70.7 Å². The maximum Gasteiger partial charge on any atom is 0.253 e. The number of nitrogens with one attached hydrogen (secondary N) is 2. The third kappa shape index (κ3) is 10.6. The Morgan fingerprint density at radius 3 is 1.93 bits per heavy atom. The second kappa shape index (κ2) is 17.4. The van der Waals surface area contributed by atoms with Gasteiger partial charge in [0.25, 0.3) is 11.8 Å². The molecule has 0 saturated carbocycles. The van der Waals surface area contributed by atoms with Crippen molar-refractivity contribution in [3.63, 3.8) is 0 Å². The Kier molecular flexibility index (Phi) is 14.3. The normalized spacial score (nSPS) is 13.8. The number of nitrogens with two attached hydrogens (primary N) is 1. The second-order valence-corrected chi connectivity index (χ2v) is 10.6. The van der Waals surface area contributed by atoms with E-state index in [-0.39, 0.29) is 41.7 Å². The Balaban J connectivity index is 2.52. The summed E-state index contributed by atoms with van der Waals surface area (Å²) in [7, 11) is 1.41. The van der Waals surface area contributed by atoms with Crippen molar-refractivity contribution in [3.05, 3.63) is 70.3 Å². The highest BCUT2D eigenvalue weighted by Gasteiger charge is 2.34. The highest BCUT2D eigenvalue weighted by Crippen LogP contribution is 2.18. The highest BCUT2D eigenvalue weighted by atomic mass is 19.1. The number of benzene rings is 2. The van der Waals surface area contributed by atoms with Crippen molar-refractivity contribution in [2.24, 2.45) is 5.73 Å². The number of hydrogen-bond donors (Lipinski definition) is 5. The molecule has 4 amide bonds. The molecule has 13 heteroatoms. The van der Waals surface area contributed by atoms with Gasteiger partial charge in [-0.1, -0.05) is 13.8 Å². The lowest BCUT2D eigenvalue weighted by atomic mass is 9.92. The first-order valence-electron chi connectivity index (χ1n) is 14.4. The SMILES string of the molecule is CCCN(CCC)C(=O)c1cc(C(N)=O)cc(C(=O)NC(Cc2cc(F)cc(F)c2)C(O)C(O)C(CCOC)NC(C)=O)c1.